The van der Waals surface area contributed by atoms with Crippen molar-refractivity contribution in [1.29, 1.82) is 0 Å². The molecular formula is C17H31IN4S. The van der Waals surface area contributed by atoms with Crippen molar-refractivity contribution < 1.29 is 0 Å². The maximum atomic E-state index is 4.71. The first kappa shape index (κ1) is 22.5. The summed E-state index contributed by atoms with van der Waals surface area (Å²) in [7, 11) is 4.20. The summed E-state index contributed by atoms with van der Waals surface area (Å²) in [5, 5.41) is 6.71. The smallest absolute Gasteiger partial charge is 0.191 e. The number of aliphatic imine (C=N–C) groups is 1. The lowest BCUT2D eigenvalue weighted by Crippen LogP contribution is -2.38. The molecule has 4 nitrogen and oxygen atoms in total. The maximum absolute atomic E-state index is 4.71. The fourth-order valence-corrected chi connectivity index (χ4v) is 2.79. The van der Waals surface area contributed by atoms with E-state index >= 15 is 0 Å². The molecule has 0 fully saturated rings. The highest BCUT2D eigenvalue weighted by atomic mass is 127. The van der Waals surface area contributed by atoms with Crippen molar-refractivity contribution >= 4 is 41.7 Å². The Kier molecular flexibility index (Phi) is 12.6. The highest BCUT2D eigenvalue weighted by Crippen LogP contribution is 2.22. The summed E-state index contributed by atoms with van der Waals surface area (Å²) in [6.45, 7) is 7.83. The van der Waals surface area contributed by atoms with Crippen LogP contribution in [0, 0.1) is 6.92 Å². The van der Waals surface area contributed by atoms with Gasteiger partial charge in [0.15, 0.2) is 5.96 Å². The third-order valence-corrected chi connectivity index (χ3v) is 4.09. The molecule has 0 bridgehead atoms. The minimum Gasteiger partial charge on any atom is -0.357 e. The Morgan fingerprint density at radius 2 is 2.00 bits per heavy atom. The molecule has 0 heterocycles. The van der Waals surface area contributed by atoms with E-state index in [9.17, 15) is 0 Å². The first-order chi connectivity index (χ1) is 10.6. The van der Waals surface area contributed by atoms with E-state index in [0.717, 1.165) is 32.0 Å². The summed E-state index contributed by atoms with van der Waals surface area (Å²) < 4.78 is 0. The molecule has 1 rings (SSSR count). The van der Waals surface area contributed by atoms with Crippen molar-refractivity contribution in [3.05, 3.63) is 29.3 Å². The summed E-state index contributed by atoms with van der Waals surface area (Å²) >= 11 is 1.78. The van der Waals surface area contributed by atoms with Crippen LogP contribution >= 0.6 is 35.7 Å². The number of nitrogens with zero attached hydrogens (tertiary/aromatic N) is 2. The van der Waals surface area contributed by atoms with Gasteiger partial charge in [-0.3, -0.25) is 0 Å². The van der Waals surface area contributed by atoms with Crippen molar-refractivity contribution in [1.82, 2.24) is 15.5 Å². The predicted molar refractivity (Wildman–Crippen MR) is 114 cm³/mol. The van der Waals surface area contributed by atoms with Gasteiger partial charge in [-0.25, -0.2) is 4.99 Å². The van der Waals surface area contributed by atoms with Crippen LogP contribution in [0.25, 0.3) is 0 Å². The maximum Gasteiger partial charge on any atom is 0.191 e. The number of rotatable bonds is 8. The molecule has 0 aliphatic heterocycles. The zero-order valence-corrected chi connectivity index (χ0v) is 18.1. The number of hydrogen-bond acceptors (Lipinski definition) is 3. The van der Waals surface area contributed by atoms with Gasteiger partial charge < -0.3 is 15.5 Å². The van der Waals surface area contributed by atoms with E-state index in [-0.39, 0.29) is 24.0 Å². The van der Waals surface area contributed by atoms with E-state index in [0.29, 0.717) is 6.54 Å². The van der Waals surface area contributed by atoms with Crippen LogP contribution in [0.15, 0.2) is 28.1 Å². The zero-order chi connectivity index (χ0) is 16.4. The summed E-state index contributed by atoms with van der Waals surface area (Å²) in [5.41, 5.74) is 2.58. The number of nitrogens with one attached hydrogen (secondary N) is 2. The van der Waals surface area contributed by atoms with E-state index in [2.05, 4.69) is 67.9 Å². The summed E-state index contributed by atoms with van der Waals surface area (Å²) in [5.74, 6) is 0.897. The predicted octanol–water partition coefficient (Wildman–Crippen LogP) is 3.34. The van der Waals surface area contributed by atoms with Crippen LogP contribution in [0.3, 0.4) is 0 Å². The molecule has 0 aliphatic rings. The molecule has 132 valence electrons. The Bertz CT molecular complexity index is 478. The monoisotopic (exact) mass is 450 g/mol. The van der Waals surface area contributed by atoms with Crippen LogP contribution in [0.4, 0.5) is 0 Å². The van der Waals surface area contributed by atoms with Gasteiger partial charge in [0.1, 0.15) is 0 Å². The summed E-state index contributed by atoms with van der Waals surface area (Å²) in [4.78, 5) is 8.22. The van der Waals surface area contributed by atoms with Crippen LogP contribution in [0.2, 0.25) is 0 Å². The first-order valence-electron chi connectivity index (χ1n) is 7.87. The Labute approximate surface area is 162 Å². The number of halogens is 1. The Morgan fingerprint density at radius 1 is 1.26 bits per heavy atom. The van der Waals surface area contributed by atoms with Gasteiger partial charge in [0.2, 0.25) is 0 Å². The molecule has 0 aliphatic carbocycles. The SMILES string of the molecule is CCNC(=NCc1ccc(C)cc1SC)NCCCN(C)C.I. The molecule has 0 radical (unpaired) electrons. The van der Waals surface area contributed by atoms with Crippen LogP contribution in [0.1, 0.15) is 24.5 Å². The highest BCUT2D eigenvalue weighted by Gasteiger charge is 2.03. The van der Waals surface area contributed by atoms with Gasteiger partial charge >= 0.3 is 0 Å². The first-order valence-corrected chi connectivity index (χ1v) is 9.09. The lowest BCUT2D eigenvalue weighted by atomic mass is 10.1. The van der Waals surface area contributed by atoms with Crippen LogP contribution in [0.5, 0.6) is 0 Å². The average Bonchev–Trinajstić information content (AvgIpc) is 2.49. The molecule has 0 atom stereocenters. The summed E-state index contributed by atoms with van der Waals surface area (Å²) in [6, 6.07) is 6.56. The normalized spacial score (nSPS) is 11.3. The zero-order valence-electron chi connectivity index (χ0n) is 15.0. The minimum atomic E-state index is 0. The lowest BCUT2D eigenvalue weighted by molar-refractivity contribution is 0.399. The molecule has 1 aromatic rings. The van der Waals surface area contributed by atoms with Gasteiger partial charge in [0.05, 0.1) is 6.54 Å². The Morgan fingerprint density at radius 3 is 2.61 bits per heavy atom. The largest absolute Gasteiger partial charge is 0.357 e. The van der Waals surface area contributed by atoms with E-state index in [1.807, 2.05) is 0 Å². The lowest BCUT2D eigenvalue weighted by Gasteiger charge is -2.14. The highest BCUT2D eigenvalue weighted by molar-refractivity contribution is 14.0. The Hall–Kier alpha value is -0.470. The number of thioether (sulfide) groups is 1. The molecule has 6 heteroatoms. The number of aryl methyl sites for hydroxylation is 1. The van der Waals surface area contributed by atoms with Crippen LogP contribution in [-0.4, -0.2) is 50.8 Å². The minimum absolute atomic E-state index is 0. The fraction of sp³-hybridized carbons (Fsp3) is 0.588. The molecule has 1 aromatic carbocycles. The second kappa shape index (κ2) is 12.9. The number of benzene rings is 1. The van der Waals surface area contributed by atoms with Crippen molar-refractivity contribution in [3.63, 3.8) is 0 Å². The third-order valence-electron chi connectivity index (χ3n) is 3.27. The fourth-order valence-electron chi connectivity index (χ4n) is 2.09. The molecule has 0 spiro atoms. The van der Waals surface area contributed by atoms with Gasteiger partial charge in [0, 0.05) is 18.0 Å². The van der Waals surface area contributed by atoms with Crippen molar-refractivity contribution in [2.45, 2.75) is 31.7 Å². The molecule has 0 amide bonds. The van der Waals surface area contributed by atoms with Gasteiger partial charge in [-0.05, 0) is 64.4 Å². The molecule has 0 aromatic heterocycles. The summed E-state index contributed by atoms with van der Waals surface area (Å²) in [6.07, 6.45) is 3.23. The van der Waals surface area contributed by atoms with Gasteiger partial charge in [-0.2, -0.15) is 0 Å². The molecule has 23 heavy (non-hydrogen) atoms. The van der Waals surface area contributed by atoms with E-state index in [1.54, 1.807) is 11.8 Å². The molecule has 0 saturated carbocycles. The quantitative estimate of drug-likeness (QED) is 0.210. The van der Waals surface area contributed by atoms with Gasteiger partial charge in [-0.15, -0.1) is 35.7 Å². The Balaban J connectivity index is 0.00000484. The number of hydrogen-bond donors (Lipinski definition) is 2. The molecular weight excluding hydrogens is 419 g/mol. The third kappa shape index (κ3) is 9.42. The number of guanidine groups is 1. The second-order valence-electron chi connectivity index (χ2n) is 5.59. The van der Waals surface area contributed by atoms with E-state index in [1.165, 1.54) is 16.0 Å². The molecule has 2 N–H and O–H groups in total. The standard InChI is InChI=1S/C17H30N4S.HI/c1-6-18-17(19-10-7-11-21(3)4)20-13-15-9-8-14(2)12-16(15)22-5;/h8-9,12H,6-7,10-11,13H2,1-5H3,(H2,18,19,20);1H. The van der Waals surface area contributed by atoms with E-state index in [4.69, 9.17) is 4.99 Å². The van der Waals surface area contributed by atoms with Gasteiger partial charge in [0.25, 0.3) is 0 Å². The van der Waals surface area contributed by atoms with Crippen molar-refractivity contribution in [3.8, 4) is 0 Å². The van der Waals surface area contributed by atoms with Crippen LogP contribution in [-0.2, 0) is 6.54 Å². The van der Waals surface area contributed by atoms with Crippen molar-refractivity contribution in [2.75, 3.05) is 40.0 Å². The van der Waals surface area contributed by atoms with Crippen LogP contribution < -0.4 is 10.6 Å². The second-order valence-corrected chi connectivity index (χ2v) is 6.44. The molecule has 0 saturated heterocycles. The van der Waals surface area contributed by atoms with E-state index < -0.39 is 0 Å². The molecule has 0 unspecified atom stereocenters. The average molecular weight is 450 g/mol. The van der Waals surface area contributed by atoms with Crippen molar-refractivity contribution in [2.24, 2.45) is 4.99 Å². The van der Waals surface area contributed by atoms with Gasteiger partial charge in [-0.1, -0.05) is 12.1 Å². The topological polar surface area (TPSA) is 39.7 Å².